The number of hydrogen-bond acceptors (Lipinski definition) is 3. The molecular weight excluding hydrogens is 268 g/mol. The second kappa shape index (κ2) is 7.25. The Morgan fingerprint density at radius 3 is 2.67 bits per heavy atom. The van der Waals surface area contributed by atoms with Crippen LogP contribution < -0.4 is 10.6 Å². The van der Waals surface area contributed by atoms with E-state index >= 15 is 0 Å². The third-order valence-electron chi connectivity index (χ3n) is 5.38. The summed E-state index contributed by atoms with van der Waals surface area (Å²) in [5.41, 5.74) is -0.300. The summed E-state index contributed by atoms with van der Waals surface area (Å²) in [4.78, 5) is 23.9. The number of aliphatic carboxylic acids is 1. The van der Waals surface area contributed by atoms with Crippen molar-refractivity contribution in [1.82, 2.24) is 10.6 Å². The Kier molecular flexibility index (Phi) is 5.62. The Labute approximate surface area is 126 Å². The highest BCUT2D eigenvalue weighted by Gasteiger charge is 2.38. The lowest BCUT2D eigenvalue weighted by molar-refractivity contribution is -0.145. The van der Waals surface area contributed by atoms with Crippen LogP contribution in [0.2, 0.25) is 0 Å². The molecule has 5 nitrogen and oxygen atoms in total. The van der Waals surface area contributed by atoms with Crippen molar-refractivity contribution < 1.29 is 14.7 Å². The molecule has 3 atom stereocenters. The number of carbonyl (C=O) groups is 2. The number of piperidine rings is 1. The average molecular weight is 296 g/mol. The van der Waals surface area contributed by atoms with Crippen LogP contribution in [-0.2, 0) is 9.59 Å². The van der Waals surface area contributed by atoms with E-state index in [0.29, 0.717) is 6.54 Å². The summed E-state index contributed by atoms with van der Waals surface area (Å²) in [7, 11) is 0. The summed E-state index contributed by atoms with van der Waals surface area (Å²) in [6.45, 7) is 4.30. The van der Waals surface area contributed by atoms with Gasteiger partial charge < -0.3 is 15.7 Å². The van der Waals surface area contributed by atoms with Crippen LogP contribution >= 0.6 is 0 Å². The predicted molar refractivity (Wildman–Crippen MR) is 80.9 cm³/mol. The summed E-state index contributed by atoms with van der Waals surface area (Å²) < 4.78 is 0. The maximum Gasteiger partial charge on any atom is 0.306 e. The fourth-order valence-electron chi connectivity index (χ4n) is 3.81. The van der Waals surface area contributed by atoms with Gasteiger partial charge in [-0.1, -0.05) is 19.8 Å². The lowest BCUT2D eigenvalue weighted by atomic mass is 9.76. The number of carboxylic acid groups (broad SMARTS) is 1. The molecule has 3 N–H and O–H groups in total. The number of hydrogen-bond donors (Lipinski definition) is 3. The van der Waals surface area contributed by atoms with Crippen LogP contribution in [0.25, 0.3) is 0 Å². The number of nitrogens with one attached hydrogen (secondary N) is 2. The lowest BCUT2D eigenvalue weighted by Gasteiger charge is -2.36. The zero-order valence-electron chi connectivity index (χ0n) is 13.0. The minimum Gasteiger partial charge on any atom is -0.481 e. The van der Waals surface area contributed by atoms with E-state index in [1.165, 1.54) is 0 Å². The highest BCUT2D eigenvalue weighted by molar-refractivity contribution is 5.83. The molecule has 1 heterocycles. The molecule has 5 heteroatoms. The quantitative estimate of drug-likeness (QED) is 0.722. The largest absolute Gasteiger partial charge is 0.481 e. The standard InChI is InChI=1S/C16H28N2O3/c1-2-16(8-5-9-17-11-16)15(21)18-10-12-6-3-4-7-13(12)14(19)20/h12-13,17H,2-11H2,1H3,(H,18,21)(H,19,20). The first kappa shape index (κ1) is 16.3. The van der Waals surface area contributed by atoms with Crippen molar-refractivity contribution in [3.63, 3.8) is 0 Å². The van der Waals surface area contributed by atoms with Crippen molar-refractivity contribution in [1.29, 1.82) is 0 Å². The van der Waals surface area contributed by atoms with Crippen molar-refractivity contribution in [3.05, 3.63) is 0 Å². The topological polar surface area (TPSA) is 78.4 Å². The second-order valence-electron chi connectivity index (χ2n) is 6.61. The molecule has 0 aromatic carbocycles. The van der Waals surface area contributed by atoms with Gasteiger partial charge >= 0.3 is 5.97 Å². The monoisotopic (exact) mass is 296 g/mol. The SMILES string of the molecule is CCC1(C(=O)NCC2CCCCC2C(=O)O)CCCNC1. The van der Waals surface area contributed by atoms with Crippen molar-refractivity contribution in [2.45, 2.75) is 51.9 Å². The van der Waals surface area contributed by atoms with Crippen molar-refractivity contribution in [2.75, 3.05) is 19.6 Å². The number of carboxylic acids is 1. The van der Waals surface area contributed by atoms with Gasteiger partial charge in [-0.3, -0.25) is 9.59 Å². The van der Waals surface area contributed by atoms with Gasteiger partial charge in [-0.2, -0.15) is 0 Å². The van der Waals surface area contributed by atoms with E-state index in [-0.39, 0.29) is 23.2 Å². The van der Waals surface area contributed by atoms with Gasteiger partial charge in [0.05, 0.1) is 11.3 Å². The molecule has 2 fully saturated rings. The molecule has 0 aromatic heterocycles. The summed E-state index contributed by atoms with van der Waals surface area (Å²) >= 11 is 0. The van der Waals surface area contributed by atoms with E-state index in [9.17, 15) is 14.7 Å². The molecular formula is C16H28N2O3. The predicted octanol–water partition coefficient (Wildman–Crippen LogP) is 1.77. The minimum atomic E-state index is -0.710. The molecule has 1 aliphatic carbocycles. The molecule has 1 amide bonds. The smallest absolute Gasteiger partial charge is 0.306 e. The van der Waals surface area contributed by atoms with Gasteiger partial charge in [0, 0.05) is 13.1 Å². The summed E-state index contributed by atoms with van der Waals surface area (Å²) in [6.07, 6.45) is 6.51. The summed E-state index contributed by atoms with van der Waals surface area (Å²) in [5.74, 6) is -0.808. The maximum absolute atomic E-state index is 12.6. The fourth-order valence-corrected chi connectivity index (χ4v) is 3.81. The van der Waals surface area contributed by atoms with Crippen molar-refractivity contribution in [3.8, 4) is 0 Å². The molecule has 1 saturated heterocycles. The van der Waals surface area contributed by atoms with E-state index in [0.717, 1.165) is 58.0 Å². The van der Waals surface area contributed by atoms with Gasteiger partial charge in [0.15, 0.2) is 0 Å². The lowest BCUT2D eigenvalue weighted by Crippen LogP contribution is -2.51. The van der Waals surface area contributed by atoms with E-state index in [4.69, 9.17) is 0 Å². The third-order valence-corrected chi connectivity index (χ3v) is 5.38. The van der Waals surface area contributed by atoms with Crippen LogP contribution in [-0.4, -0.2) is 36.6 Å². The third kappa shape index (κ3) is 3.76. The zero-order chi connectivity index (χ0) is 15.3. The minimum absolute atomic E-state index is 0.0886. The Bertz CT molecular complexity index is 378. The van der Waals surface area contributed by atoms with Gasteiger partial charge in [0.2, 0.25) is 5.91 Å². The molecule has 0 aromatic rings. The van der Waals surface area contributed by atoms with Crippen molar-refractivity contribution in [2.24, 2.45) is 17.3 Å². The van der Waals surface area contributed by atoms with Crippen LogP contribution in [0.4, 0.5) is 0 Å². The molecule has 21 heavy (non-hydrogen) atoms. The first-order valence-electron chi connectivity index (χ1n) is 8.31. The van der Waals surface area contributed by atoms with Gasteiger partial charge in [-0.15, -0.1) is 0 Å². The van der Waals surface area contributed by atoms with Crippen LogP contribution in [0.15, 0.2) is 0 Å². The van der Waals surface area contributed by atoms with Crippen LogP contribution in [0.3, 0.4) is 0 Å². The fraction of sp³-hybridized carbons (Fsp3) is 0.875. The molecule has 0 spiro atoms. The normalized spacial score (nSPS) is 33.4. The van der Waals surface area contributed by atoms with Crippen molar-refractivity contribution >= 4 is 11.9 Å². The van der Waals surface area contributed by atoms with Crippen LogP contribution in [0.1, 0.15) is 51.9 Å². The highest BCUT2D eigenvalue weighted by atomic mass is 16.4. The Hall–Kier alpha value is -1.10. The maximum atomic E-state index is 12.6. The van der Waals surface area contributed by atoms with E-state index in [2.05, 4.69) is 17.6 Å². The molecule has 2 aliphatic rings. The summed E-state index contributed by atoms with van der Waals surface area (Å²) in [6, 6.07) is 0. The summed E-state index contributed by atoms with van der Waals surface area (Å²) in [5, 5.41) is 15.7. The van der Waals surface area contributed by atoms with Gasteiger partial charge in [0.1, 0.15) is 0 Å². The first-order chi connectivity index (χ1) is 10.1. The Balaban J connectivity index is 1.91. The molecule has 1 saturated carbocycles. The van der Waals surface area contributed by atoms with Gasteiger partial charge in [-0.25, -0.2) is 0 Å². The van der Waals surface area contributed by atoms with Gasteiger partial charge in [0.25, 0.3) is 0 Å². The van der Waals surface area contributed by atoms with E-state index in [1.54, 1.807) is 0 Å². The Morgan fingerprint density at radius 2 is 2.05 bits per heavy atom. The molecule has 120 valence electrons. The number of amides is 1. The molecule has 0 bridgehead atoms. The molecule has 0 radical (unpaired) electrons. The van der Waals surface area contributed by atoms with Gasteiger partial charge in [-0.05, 0) is 44.6 Å². The van der Waals surface area contributed by atoms with E-state index in [1.807, 2.05) is 0 Å². The number of carbonyl (C=O) groups excluding carboxylic acids is 1. The average Bonchev–Trinajstić information content (AvgIpc) is 2.53. The molecule has 1 aliphatic heterocycles. The van der Waals surface area contributed by atoms with Crippen LogP contribution in [0, 0.1) is 17.3 Å². The van der Waals surface area contributed by atoms with E-state index < -0.39 is 5.97 Å². The highest BCUT2D eigenvalue weighted by Crippen LogP contribution is 2.32. The van der Waals surface area contributed by atoms with Crippen LogP contribution in [0.5, 0.6) is 0 Å². The first-order valence-corrected chi connectivity index (χ1v) is 8.31. The molecule has 2 rings (SSSR count). The second-order valence-corrected chi connectivity index (χ2v) is 6.61. The Morgan fingerprint density at radius 1 is 1.29 bits per heavy atom. The molecule has 3 unspecified atom stereocenters. The number of rotatable bonds is 5. The zero-order valence-corrected chi connectivity index (χ0v) is 13.0.